The van der Waals surface area contributed by atoms with Crippen molar-refractivity contribution in [3.8, 4) is 12.3 Å². The van der Waals surface area contributed by atoms with Gasteiger partial charge in [0.1, 0.15) is 0 Å². The van der Waals surface area contributed by atoms with Gasteiger partial charge in [0.05, 0.1) is 0 Å². The third-order valence-electron chi connectivity index (χ3n) is 2.40. The van der Waals surface area contributed by atoms with E-state index in [1.165, 1.54) is 38.6 Å². The molecule has 0 aromatic rings. The minimum atomic E-state index is 0.953. The lowest BCUT2D eigenvalue weighted by Gasteiger charge is -2.12. The van der Waals surface area contributed by atoms with Crippen LogP contribution in [0.2, 0.25) is 0 Å². The maximum atomic E-state index is 5.17. The van der Waals surface area contributed by atoms with E-state index < -0.39 is 0 Å². The van der Waals surface area contributed by atoms with E-state index in [0.29, 0.717) is 0 Å². The summed E-state index contributed by atoms with van der Waals surface area (Å²) in [7, 11) is 2.18. The van der Waals surface area contributed by atoms with Crippen molar-refractivity contribution in [2.75, 3.05) is 20.1 Å². The van der Waals surface area contributed by atoms with Crippen molar-refractivity contribution in [2.24, 2.45) is 0 Å². The molecule has 0 heterocycles. The van der Waals surface area contributed by atoms with E-state index in [4.69, 9.17) is 6.42 Å². The van der Waals surface area contributed by atoms with E-state index in [-0.39, 0.29) is 0 Å². The zero-order valence-corrected chi connectivity index (χ0v) is 9.18. The van der Waals surface area contributed by atoms with Crippen molar-refractivity contribution in [1.29, 1.82) is 0 Å². The summed E-state index contributed by atoms with van der Waals surface area (Å²) in [5.41, 5.74) is 0. The molecule has 0 bridgehead atoms. The number of rotatable bonds is 8. The molecule has 1 nitrogen and oxygen atoms in total. The van der Waals surface area contributed by atoms with E-state index >= 15 is 0 Å². The van der Waals surface area contributed by atoms with Crippen molar-refractivity contribution in [1.82, 2.24) is 4.90 Å². The maximum Gasteiger partial charge on any atom is 0.00860 e. The molecule has 0 unspecified atom stereocenters. The first-order chi connectivity index (χ1) is 6.31. The fourth-order valence-corrected chi connectivity index (χ4v) is 1.30. The van der Waals surface area contributed by atoms with Gasteiger partial charge < -0.3 is 4.90 Å². The van der Waals surface area contributed by atoms with Crippen LogP contribution in [-0.4, -0.2) is 25.0 Å². The van der Waals surface area contributed by atoms with Crippen LogP contribution in [0.1, 0.15) is 45.4 Å². The van der Waals surface area contributed by atoms with Crippen LogP contribution in [0.3, 0.4) is 0 Å². The normalized spacial score (nSPS) is 10.3. The lowest BCUT2D eigenvalue weighted by atomic mass is 10.1. The molecule has 0 rings (SSSR count). The standard InChI is InChI=1S/C12H23N/c1-4-6-7-8-9-10-11-12-13(3)5-2/h1H,5-12H2,2-3H3. The van der Waals surface area contributed by atoms with Gasteiger partial charge in [-0.2, -0.15) is 0 Å². The third kappa shape index (κ3) is 9.43. The maximum absolute atomic E-state index is 5.17. The summed E-state index contributed by atoms with van der Waals surface area (Å²) in [5.74, 6) is 2.68. The van der Waals surface area contributed by atoms with Crippen LogP contribution >= 0.6 is 0 Å². The molecule has 76 valence electrons. The van der Waals surface area contributed by atoms with Gasteiger partial charge in [-0.3, -0.25) is 0 Å². The summed E-state index contributed by atoms with van der Waals surface area (Å²) in [5, 5.41) is 0. The Morgan fingerprint density at radius 1 is 1.08 bits per heavy atom. The van der Waals surface area contributed by atoms with Crippen molar-refractivity contribution in [3.63, 3.8) is 0 Å². The number of hydrogen-bond donors (Lipinski definition) is 0. The molecule has 0 aliphatic rings. The molecule has 0 radical (unpaired) electrons. The van der Waals surface area contributed by atoms with Gasteiger partial charge >= 0.3 is 0 Å². The largest absolute Gasteiger partial charge is 0.307 e. The second-order valence-electron chi connectivity index (χ2n) is 3.62. The number of nitrogens with zero attached hydrogens (tertiary/aromatic N) is 1. The SMILES string of the molecule is C#CCCCCCCCN(C)CC. The van der Waals surface area contributed by atoms with Gasteiger partial charge in [0.25, 0.3) is 0 Å². The van der Waals surface area contributed by atoms with Crippen LogP contribution in [0.25, 0.3) is 0 Å². The molecule has 0 aromatic heterocycles. The highest BCUT2D eigenvalue weighted by molar-refractivity contribution is 4.82. The quantitative estimate of drug-likeness (QED) is 0.411. The number of hydrogen-bond acceptors (Lipinski definition) is 1. The highest BCUT2D eigenvalue weighted by atomic mass is 15.1. The molecule has 0 amide bonds. The summed E-state index contributed by atoms with van der Waals surface area (Å²) in [6.45, 7) is 4.61. The fraction of sp³-hybridized carbons (Fsp3) is 0.833. The van der Waals surface area contributed by atoms with Crippen molar-refractivity contribution >= 4 is 0 Å². The molecule has 0 spiro atoms. The topological polar surface area (TPSA) is 3.24 Å². The molecular weight excluding hydrogens is 158 g/mol. The minimum Gasteiger partial charge on any atom is -0.307 e. The molecule has 0 saturated carbocycles. The van der Waals surface area contributed by atoms with E-state index in [0.717, 1.165) is 13.0 Å². The van der Waals surface area contributed by atoms with Gasteiger partial charge in [0.15, 0.2) is 0 Å². The van der Waals surface area contributed by atoms with Gasteiger partial charge in [-0.15, -0.1) is 12.3 Å². The average molecular weight is 181 g/mol. The first-order valence-electron chi connectivity index (χ1n) is 5.43. The summed E-state index contributed by atoms with van der Waals surface area (Å²) < 4.78 is 0. The van der Waals surface area contributed by atoms with Crippen LogP contribution < -0.4 is 0 Å². The van der Waals surface area contributed by atoms with Crippen molar-refractivity contribution in [3.05, 3.63) is 0 Å². The smallest absolute Gasteiger partial charge is 0.00860 e. The molecule has 0 saturated heterocycles. The molecule has 0 aromatic carbocycles. The summed E-state index contributed by atoms with van der Waals surface area (Å²) >= 11 is 0. The van der Waals surface area contributed by atoms with Gasteiger partial charge in [0.2, 0.25) is 0 Å². The lowest BCUT2D eigenvalue weighted by molar-refractivity contribution is 0.340. The molecular formula is C12H23N. The monoisotopic (exact) mass is 181 g/mol. The van der Waals surface area contributed by atoms with Gasteiger partial charge in [-0.05, 0) is 33.0 Å². The zero-order valence-electron chi connectivity index (χ0n) is 9.18. The van der Waals surface area contributed by atoms with Gasteiger partial charge in [-0.1, -0.05) is 26.2 Å². The Balaban J connectivity index is 2.96. The first kappa shape index (κ1) is 12.5. The Labute approximate surface area is 83.5 Å². The second kappa shape index (κ2) is 9.61. The third-order valence-corrected chi connectivity index (χ3v) is 2.40. The number of terminal acetylenes is 1. The fourth-order valence-electron chi connectivity index (χ4n) is 1.30. The molecule has 1 heteroatoms. The Bertz CT molecular complexity index is 135. The van der Waals surface area contributed by atoms with Gasteiger partial charge in [-0.25, -0.2) is 0 Å². The second-order valence-corrected chi connectivity index (χ2v) is 3.62. The Morgan fingerprint density at radius 3 is 2.31 bits per heavy atom. The molecule has 0 N–H and O–H groups in total. The minimum absolute atomic E-state index is 0.953. The van der Waals surface area contributed by atoms with Crippen LogP contribution in [0.5, 0.6) is 0 Å². The first-order valence-corrected chi connectivity index (χ1v) is 5.43. The van der Waals surface area contributed by atoms with E-state index in [2.05, 4.69) is 24.8 Å². The van der Waals surface area contributed by atoms with Crippen molar-refractivity contribution in [2.45, 2.75) is 45.4 Å². The van der Waals surface area contributed by atoms with E-state index in [1.54, 1.807) is 0 Å². The number of unbranched alkanes of at least 4 members (excludes halogenated alkanes) is 5. The lowest BCUT2D eigenvalue weighted by Crippen LogP contribution is -2.18. The molecule has 0 aliphatic carbocycles. The Hall–Kier alpha value is -0.480. The highest BCUT2D eigenvalue weighted by Gasteiger charge is 1.94. The van der Waals surface area contributed by atoms with E-state index in [9.17, 15) is 0 Å². The van der Waals surface area contributed by atoms with Gasteiger partial charge in [0, 0.05) is 6.42 Å². The highest BCUT2D eigenvalue weighted by Crippen LogP contribution is 2.05. The Morgan fingerprint density at radius 2 is 1.69 bits per heavy atom. The van der Waals surface area contributed by atoms with Crippen LogP contribution in [0.4, 0.5) is 0 Å². The van der Waals surface area contributed by atoms with Crippen LogP contribution in [0.15, 0.2) is 0 Å². The summed E-state index contributed by atoms with van der Waals surface area (Å²) in [4.78, 5) is 2.36. The van der Waals surface area contributed by atoms with Crippen molar-refractivity contribution < 1.29 is 0 Å². The average Bonchev–Trinajstić information content (AvgIpc) is 2.16. The summed E-state index contributed by atoms with van der Waals surface area (Å²) in [6.07, 6.45) is 12.7. The molecule has 0 aliphatic heterocycles. The summed E-state index contributed by atoms with van der Waals surface area (Å²) in [6, 6.07) is 0. The predicted molar refractivity (Wildman–Crippen MR) is 59.7 cm³/mol. The zero-order chi connectivity index (χ0) is 9.94. The molecule has 0 atom stereocenters. The molecule has 13 heavy (non-hydrogen) atoms. The Kier molecular flexibility index (Phi) is 9.25. The molecule has 0 fully saturated rings. The van der Waals surface area contributed by atoms with E-state index in [1.807, 2.05) is 0 Å². The van der Waals surface area contributed by atoms with Crippen LogP contribution in [-0.2, 0) is 0 Å². The van der Waals surface area contributed by atoms with Crippen LogP contribution in [0, 0.1) is 12.3 Å². The predicted octanol–water partition coefficient (Wildman–Crippen LogP) is 2.91.